The smallest absolute Gasteiger partial charge is 0.324 e. The van der Waals surface area contributed by atoms with Crippen molar-refractivity contribution in [3.63, 3.8) is 0 Å². The minimum atomic E-state index is -4.28. The molecule has 0 aliphatic carbocycles. The number of hydrazone groups is 1. The van der Waals surface area contributed by atoms with E-state index in [2.05, 4.69) is 15.8 Å². The van der Waals surface area contributed by atoms with Gasteiger partial charge in [0.05, 0.1) is 6.54 Å². The van der Waals surface area contributed by atoms with Gasteiger partial charge in [-0.15, -0.1) is 0 Å². The molecular weight excluding hydrogens is 197 g/mol. The van der Waals surface area contributed by atoms with Crippen LogP contribution in [0, 0.1) is 0 Å². The number of hydrogen-bond donors (Lipinski definition) is 2. The van der Waals surface area contributed by atoms with Crippen LogP contribution in [-0.2, 0) is 0 Å². The third kappa shape index (κ3) is 1.41. The molecule has 1 fully saturated rings. The number of amidine groups is 1. The van der Waals surface area contributed by atoms with Crippen LogP contribution in [-0.4, -0.2) is 42.2 Å². The van der Waals surface area contributed by atoms with Gasteiger partial charge in [0.25, 0.3) is 0 Å². The zero-order valence-corrected chi connectivity index (χ0v) is 7.60. The number of nitrogens with one attached hydrogen (secondary N) is 2. The second kappa shape index (κ2) is 3.01. The summed E-state index contributed by atoms with van der Waals surface area (Å²) in [5.74, 6) is 0.436. The Morgan fingerprint density at radius 2 is 2.21 bits per heavy atom. The van der Waals surface area contributed by atoms with E-state index in [1.54, 1.807) is 6.92 Å². The van der Waals surface area contributed by atoms with Gasteiger partial charge >= 0.3 is 6.18 Å². The van der Waals surface area contributed by atoms with Crippen molar-refractivity contribution >= 4 is 5.84 Å². The van der Waals surface area contributed by atoms with Gasteiger partial charge in [-0.05, 0) is 6.92 Å². The van der Waals surface area contributed by atoms with Gasteiger partial charge in [-0.3, -0.25) is 5.43 Å². The molecule has 2 N–H and O–H groups in total. The molecule has 0 bridgehead atoms. The SMILES string of the molecule is CC1CNCC2=NNC(C(F)(F)F)N21. The Bertz CT molecular complexity index is 262. The van der Waals surface area contributed by atoms with Gasteiger partial charge in [-0.1, -0.05) is 0 Å². The second-order valence-corrected chi connectivity index (χ2v) is 3.49. The molecule has 0 aromatic rings. The molecule has 7 heteroatoms. The van der Waals surface area contributed by atoms with E-state index in [1.165, 1.54) is 4.90 Å². The maximum Gasteiger partial charge on any atom is 0.428 e. The summed E-state index contributed by atoms with van der Waals surface area (Å²) in [4.78, 5) is 1.29. The number of alkyl halides is 3. The molecule has 80 valence electrons. The molecule has 0 amide bonds. The zero-order chi connectivity index (χ0) is 10.3. The molecule has 2 aliphatic rings. The summed E-state index contributed by atoms with van der Waals surface area (Å²) in [6, 6.07) is -0.191. The lowest BCUT2D eigenvalue weighted by molar-refractivity contribution is -0.182. The Kier molecular flexibility index (Phi) is 2.06. The van der Waals surface area contributed by atoms with Crippen molar-refractivity contribution in [3.05, 3.63) is 0 Å². The van der Waals surface area contributed by atoms with E-state index < -0.39 is 12.3 Å². The van der Waals surface area contributed by atoms with Gasteiger partial charge in [0.15, 0.2) is 0 Å². The molecule has 2 atom stereocenters. The van der Waals surface area contributed by atoms with E-state index in [9.17, 15) is 13.2 Å². The van der Waals surface area contributed by atoms with Crippen LogP contribution in [0.15, 0.2) is 5.10 Å². The number of hydrogen-bond acceptors (Lipinski definition) is 4. The van der Waals surface area contributed by atoms with Crippen LogP contribution in [0.2, 0.25) is 0 Å². The summed E-state index contributed by atoms with van der Waals surface area (Å²) in [5.41, 5.74) is 2.12. The number of fused-ring (bicyclic) bond motifs is 1. The largest absolute Gasteiger partial charge is 0.428 e. The van der Waals surface area contributed by atoms with Crippen molar-refractivity contribution in [1.29, 1.82) is 0 Å². The average Bonchev–Trinajstić information content (AvgIpc) is 2.47. The maximum absolute atomic E-state index is 12.5. The molecule has 0 radical (unpaired) electrons. The summed E-state index contributed by atoms with van der Waals surface area (Å²) in [5, 5.41) is 6.66. The first-order chi connectivity index (χ1) is 6.50. The van der Waals surface area contributed by atoms with Crippen molar-refractivity contribution in [2.24, 2.45) is 5.10 Å². The first-order valence-corrected chi connectivity index (χ1v) is 4.38. The third-order valence-electron chi connectivity index (χ3n) is 2.40. The van der Waals surface area contributed by atoms with E-state index in [4.69, 9.17) is 0 Å². The molecule has 0 saturated carbocycles. The number of nitrogens with zero attached hydrogens (tertiary/aromatic N) is 2. The van der Waals surface area contributed by atoms with Gasteiger partial charge in [-0.2, -0.15) is 18.3 Å². The first-order valence-electron chi connectivity index (χ1n) is 4.38. The van der Waals surface area contributed by atoms with Crippen molar-refractivity contribution < 1.29 is 13.2 Å². The Balaban J connectivity index is 2.19. The van der Waals surface area contributed by atoms with Crippen LogP contribution < -0.4 is 10.7 Å². The molecule has 2 unspecified atom stereocenters. The van der Waals surface area contributed by atoms with Crippen LogP contribution in [0.25, 0.3) is 0 Å². The maximum atomic E-state index is 12.5. The predicted molar refractivity (Wildman–Crippen MR) is 44.6 cm³/mol. The number of halogens is 3. The van der Waals surface area contributed by atoms with E-state index >= 15 is 0 Å². The summed E-state index contributed by atoms with van der Waals surface area (Å²) < 4.78 is 37.5. The molecule has 2 heterocycles. The van der Waals surface area contributed by atoms with Gasteiger partial charge in [0.1, 0.15) is 5.84 Å². The lowest BCUT2D eigenvalue weighted by atomic mass is 10.2. The predicted octanol–water partition coefficient (Wildman–Crippen LogP) is 0.0852. The summed E-state index contributed by atoms with van der Waals surface area (Å²) in [7, 11) is 0. The fourth-order valence-corrected chi connectivity index (χ4v) is 1.77. The Labute approximate surface area is 79.1 Å². The number of piperazine rings is 1. The lowest BCUT2D eigenvalue weighted by Gasteiger charge is -2.37. The fraction of sp³-hybridized carbons (Fsp3) is 0.857. The summed E-state index contributed by atoms with van der Waals surface area (Å²) >= 11 is 0. The van der Waals surface area contributed by atoms with Gasteiger partial charge in [0.2, 0.25) is 6.17 Å². The highest BCUT2D eigenvalue weighted by Gasteiger charge is 2.50. The second-order valence-electron chi connectivity index (χ2n) is 3.49. The molecule has 0 spiro atoms. The number of rotatable bonds is 0. The quantitative estimate of drug-likeness (QED) is 0.592. The molecular formula is C7H11F3N4. The van der Waals surface area contributed by atoms with Crippen LogP contribution >= 0.6 is 0 Å². The zero-order valence-electron chi connectivity index (χ0n) is 7.60. The first kappa shape index (κ1) is 9.57. The highest BCUT2D eigenvalue weighted by atomic mass is 19.4. The molecule has 4 nitrogen and oxygen atoms in total. The normalized spacial score (nSPS) is 32.3. The van der Waals surface area contributed by atoms with E-state index in [0.29, 0.717) is 18.9 Å². The van der Waals surface area contributed by atoms with E-state index in [1.807, 2.05) is 0 Å². The van der Waals surface area contributed by atoms with Crippen LogP contribution in [0.5, 0.6) is 0 Å². The Hall–Kier alpha value is -0.980. The molecule has 0 aromatic heterocycles. The van der Waals surface area contributed by atoms with Crippen molar-refractivity contribution in [2.75, 3.05) is 13.1 Å². The van der Waals surface area contributed by atoms with Crippen molar-refractivity contribution in [1.82, 2.24) is 15.6 Å². The standard InChI is InChI=1S/C7H11F3N4/c1-4-2-11-3-5-12-13-6(14(4)5)7(8,9)10/h4,6,11,13H,2-3H2,1H3. The fourth-order valence-electron chi connectivity index (χ4n) is 1.77. The van der Waals surface area contributed by atoms with Crippen LogP contribution in [0.3, 0.4) is 0 Å². The van der Waals surface area contributed by atoms with E-state index in [-0.39, 0.29) is 6.04 Å². The van der Waals surface area contributed by atoms with Gasteiger partial charge < -0.3 is 10.2 Å². The molecule has 14 heavy (non-hydrogen) atoms. The minimum Gasteiger partial charge on any atom is -0.324 e. The highest BCUT2D eigenvalue weighted by Crippen LogP contribution is 2.28. The Morgan fingerprint density at radius 1 is 1.50 bits per heavy atom. The van der Waals surface area contributed by atoms with E-state index in [0.717, 1.165) is 0 Å². The topological polar surface area (TPSA) is 39.7 Å². The lowest BCUT2D eigenvalue weighted by Crippen LogP contribution is -2.60. The molecule has 2 aliphatic heterocycles. The summed E-state index contributed by atoms with van der Waals surface area (Å²) in [6.45, 7) is 2.69. The van der Waals surface area contributed by atoms with Crippen LogP contribution in [0.4, 0.5) is 13.2 Å². The average molecular weight is 208 g/mol. The van der Waals surface area contributed by atoms with Gasteiger partial charge in [0, 0.05) is 12.6 Å². The van der Waals surface area contributed by atoms with Gasteiger partial charge in [-0.25, -0.2) is 0 Å². The monoisotopic (exact) mass is 208 g/mol. The van der Waals surface area contributed by atoms with Crippen molar-refractivity contribution in [3.8, 4) is 0 Å². The van der Waals surface area contributed by atoms with Crippen LogP contribution in [0.1, 0.15) is 6.92 Å². The molecule has 1 saturated heterocycles. The highest BCUT2D eigenvalue weighted by molar-refractivity contribution is 5.86. The Morgan fingerprint density at radius 3 is 2.86 bits per heavy atom. The van der Waals surface area contributed by atoms with Crippen molar-refractivity contribution in [2.45, 2.75) is 25.3 Å². The third-order valence-corrected chi connectivity index (χ3v) is 2.40. The molecule has 2 rings (SSSR count). The molecule has 0 aromatic carbocycles. The summed E-state index contributed by atoms with van der Waals surface area (Å²) in [6.07, 6.45) is -5.94. The minimum absolute atomic E-state index is 0.191.